The number of rotatable bonds is 7. The van der Waals surface area contributed by atoms with Crippen LogP contribution in [0.15, 0.2) is 6.20 Å². The van der Waals surface area contributed by atoms with Gasteiger partial charge >= 0.3 is 0 Å². The van der Waals surface area contributed by atoms with Gasteiger partial charge in [-0.2, -0.15) is 0 Å². The summed E-state index contributed by atoms with van der Waals surface area (Å²) in [6.07, 6.45) is 1.91. The molecular weight excluding hydrogens is 194 g/mol. The predicted octanol–water partition coefficient (Wildman–Crippen LogP) is -0.778. The maximum atomic E-state index is 5.54. The van der Waals surface area contributed by atoms with E-state index in [4.69, 9.17) is 10.5 Å². The third-order valence-corrected chi connectivity index (χ3v) is 2.09. The Morgan fingerprint density at radius 3 is 2.87 bits per heavy atom. The van der Waals surface area contributed by atoms with E-state index in [-0.39, 0.29) is 0 Å². The van der Waals surface area contributed by atoms with Crippen molar-refractivity contribution >= 4 is 0 Å². The van der Waals surface area contributed by atoms with Gasteiger partial charge in [-0.15, -0.1) is 5.10 Å². The minimum Gasteiger partial charge on any atom is -0.383 e. The highest BCUT2D eigenvalue weighted by molar-refractivity contribution is 4.91. The summed E-state index contributed by atoms with van der Waals surface area (Å²) in [7, 11) is 3.56. The molecule has 15 heavy (non-hydrogen) atoms. The molecule has 6 heteroatoms. The molecule has 0 aliphatic heterocycles. The summed E-state index contributed by atoms with van der Waals surface area (Å²) in [6, 6.07) is 0. The van der Waals surface area contributed by atoms with E-state index in [0.29, 0.717) is 13.2 Å². The van der Waals surface area contributed by atoms with E-state index in [2.05, 4.69) is 15.2 Å². The van der Waals surface area contributed by atoms with E-state index < -0.39 is 0 Å². The lowest BCUT2D eigenvalue weighted by atomic mass is 10.4. The van der Waals surface area contributed by atoms with Crippen LogP contribution in [0.1, 0.15) is 5.69 Å². The highest BCUT2D eigenvalue weighted by Crippen LogP contribution is 1.99. The summed E-state index contributed by atoms with van der Waals surface area (Å²) in [5.74, 6) is 0. The molecule has 0 bridgehead atoms. The van der Waals surface area contributed by atoms with Crippen molar-refractivity contribution in [3.8, 4) is 0 Å². The molecule has 0 saturated carbocycles. The molecule has 0 unspecified atom stereocenters. The second-order valence-corrected chi connectivity index (χ2v) is 3.44. The molecular formula is C9H19N5O. The van der Waals surface area contributed by atoms with E-state index in [9.17, 15) is 0 Å². The SMILES string of the molecule is COCCN(CCN)Cc1cn(C)nn1. The van der Waals surface area contributed by atoms with Crippen LogP contribution >= 0.6 is 0 Å². The second kappa shape index (κ2) is 6.49. The van der Waals surface area contributed by atoms with E-state index in [1.807, 2.05) is 13.2 Å². The summed E-state index contributed by atoms with van der Waals surface area (Å²) in [6.45, 7) is 3.84. The summed E-state index contributed by atoms with van der Waals surface area (Å²) in [5.41, 5.74) is 6.50. The van der Waals surface area contributed by atoms with Crippen molar-refractivity contribution < 1.29 is 4.74 Å². The van der Waals surface area contributed by atoms with Crippen molar-refractivity contribution in [1.82, 2.24) is 19.9 Å². The van der Waals surface area contributed by atoms with Gasteiger partial charge < -0.3 is 10.5 Å². The Morgan fingerprint density at radius 2 is 2.33 bits per heavy atom. The Bertz CT molecular complexity index is 275. The number of aryl methyl sites for hydroxylation is 1. The van der Waals surface area contributed by atoms with Crippen molar-refractivity contribution in [3.05, 3.63) is 11.9 Å². The van der Waals surface area contributed by atoms with Gasteiger partial charge in [-0.25, -0.2) is 0 Å². The van der Waals surface area contributed by atoms with Gasteiger partial charge in [-0.3, -0.25) is 9.58 Å². The number of methoxy groups -OCH3 is 1. The van der Waals surface area contributed by atoms with Crippen LogP contribution in [-0.2, 0) is 18.3 Å². The van der Waals surface area contributed by atoms with Gasteiger partial charge in [-0.1, -0.05) is 5.21 Å². The van der Waals surface area contributed by atoms with Gasteiger partial charge in [0.15, 0.2) is 0 Å². The lowest BCUT2D eigenvalue weighted by molar-refractivity contribution is 0.145. The van der Waals surface area contributed by atoms with Gasteiger partial charge in [-0.05, 0) is 0 Å². The molecule has 0 aliphatic carbocycles. The molecule has 0 aliphatic rings. The van der Waals surface area contributed by atoms with Crippen LogP contribution in [0.25, 0.3) is 0 Å². The Balaban J connectivity index is 2.42. The van der Waals surface area contributed by atoms with Crippen molar-refractivity contribution in [1.29, 1.82) is 0 Å². The zero-order chi connectivity index (χ0) is 11.1. The molecule has 86 valence electrons. The van der Waals surface area contributed by atoms with Crippen molar-refractivity contribution in [2.45, 2.75) is 6.54 Å². The number of aromatic nitrogens is 3. The molecule has 0 saturated heterocycles. The Morgan fingerprint density at radius 1 is 1.53 bits per heavy atom. The first-order valence-electron chi connectivity index (χ1n) is 5.03. The lowest BCUT2D eigenvalue weighted by Crippen LogP contribution is -2.32. The molecule has 0 amide bonds. The van der Waals surface area contributed by atoms with Crippen molar-refractivity contribution in [2.24, 2.45) is 12.8 Å². The molecule has 1 rings (SSSR count). The Hall–Kier alpha value is -0.980. The fraction of sp³-hybridized carbons (Fsp3) is 0.778. The molecule has 0 radical (unpaired) electrons. The maximum Gasteiger partial charge on any atom is 0.0967 e. The van der Waals surface area contributed by atoms with Crippen LogP contribution < -0.4 is 5.73 Å². The number of hydrogen-bond donors (Lipinski definition) is 1. The van der Waals surface area contributed by atoms with Crippen LogP contribution in [0.4, 0.5) is 0 Å². The van der Waals surface area contributed by atoms with E-state index in [1.165, 1.54) is 0 Å². The van der Waals surface area contributed by atoms with Gasteiger partial charge in [0.1, 0.15) is 0 Å². The summed E-state index contributed by atoms with van der Waals surface area (Å²) >= 11 is 0. The van der Waals surface area contributed by atoms with E-state index in [0.717, 1.165) is 25.3 Å². The maximum absolute atomic E-state index is 5.54. The number of nitrogens with zero attached hydrogens (tertiary/aromatic N) is 4. The normalized spacial score (nSPS) is 11.2. The van der Waals surface area contributed by atoms with Crippen molar-refractivity contribution in [2.75, 3.05) is 33.4 Å². The minimum absolute atomic E-state index is 0.643. The first-order chi connectivity index (χ1) is 7.26. The topological polar surface area (TPSA) is 69.2 Å². The Labute approximate surface area is 90.0 Å². The number of hydrogen-bond acceptors (Lipinski definition) is 5. The van der Waals surface area contributed by atoms with Crippen molar-refractivity contribution in [3.63, 3.8) is 0 Å². The van der Waals surface area contributed by atoms with Crippen LogP contribution in [0, 0.1) is 0 Å². The smallest absolute Gasteiger partial charge is 0.0967 e. The lowest BCUT2D eigenvalue weighted by Gasteiger charge is -2.19. The fourth-order valence-electron chi connectivity index (χ4n) is 1.37. The first-order valence-corrected chi connectivity index (χ1v) is 5.03. The van der Waals surface area contributed by atoms with Gasteiger partial charge in [0, 0.05) is 46.5 Å². The zero-order valence-electron chi connectivity index (χ0n) is 9.39. The highest BCUT2D eigenvalue weighted by Gasteiger charge is 2.07. The van der Waals surface area contributed by atoms with E-state index >= 15 is 0 Å². The number of ether oxygens (including phenoxy) is 1. The summed E-state index contributed by atoms with van der Waals surface area (Å²) in [5, 5.41) is 7.92. The standard InChI is InChI=1S/C9H19N5O/c1-13-7-9(11-12-13)8-14(4-3-10)5-6-15-2/h7H,3-6,8,10H2,1-2H3. The third-order valence-electron chi connectivity index (χ3n) is 2.09. The minimum atomic E-state index is 0.643. The first kappa shape index (κ1) is 12.1. The van der Waals surface area contributed by atoms with Gasteiger partial charge in [0.2, 0.25) is 0 Å². The second-order valence-electron chi connectivity index (χ2n) is 3.44. The average molecular weight is 213 g/mol. The summed E-state index contributed by atoms with van der Waals surface area (Å²) < 4.78 is 6.74. The highest BCUT2D eigenvalue weighted by atomic mass is 16.5. The summed E-state index contributed by atoms with van der Waals surface area (Å²) in [4.78, 5) is 2.20. The Kier molecular flexibility index (Phi) is 5.23. The molecule has 1 heterocycles. The molecule has 0 atom stereocenters. The molecule has 2 N–H and O–H groups in total. The third kappa shape index (κ3) is 4.37. The fourth-order valence-corrected chi connectivity index (χ4v) is 1.37. The predicted molar refractivity (Wildman–Crippen MR) is 57.2 cm³/mol. The van der Waals surface area contributed by atoms with Gasteiger partial charge in [0.05, 0.1) is 12.3 Å². The molecule has 1 aromatic rings. The molecule has 0 spiro atoms. The quantitative estimate of drug-likeness (QED) is 0.643. The van der Waals surface area contributed by atoms with Crippen LogP contribution in [0.3, 0.4) is 0 Å². The molecule has 0 aromatic carbocycles. The monoisotopic (exact) mass is 213 g/mol. The molecule has 1 aromatic heterocycles. The molecule has 6 nitrogen and oxygen atoms in total. The molecule has 0 fully saturated rings. The van der Waals surface area contributed by atoms with Crippen LogP contribution in [0.5, 0.6) is 0 Å². The van der Waals surface area contributed by atoms with Crippen LogP contribution in [0.2, 0.25) is 0 Å². The largest absolute Gasteiger partial charge is 0.383 e. The van der Waals surface area contributed by atoms with E-state index in [1.54, 1.807) is 11.8 Å². The zero-order valence-corrected chi connectivity index (χ0v) is 9.39. The van der Waals surface area contributed by atoms with Gasteiger partial charge in [0.25, 0.3) is 0 Å². The number of nitrogens with two attached hydrogens (primary N) is 1. The van der Waals surface area contributed by atoms with Crippen LogP contribution in [-0.4, -0.2) is 53.2 Å². The average Bonchev–Trinajstić information content (AvgIpc) is 2.61.